The zero-order valence-corrected chi connectivity index (χ0v) is 8.47. The molecule has 2 rings (SSSR count). The molecular weight excluding hydrogens is 217 g/mol. The molecule has 1 heterocycles. The molecule has 0 fully saturated rings. The lowest BCUT2D eigenvalue weighted by Crippen LogP contribution is -2.04. The molecule has 5 heteroatoms. The Hall–Kier alpha value is -1.78. The van der Waals surface area contributed by atoms with E-state index in [1.54, 1.807) is 0 Å². The average molecular weight is 226 g/mol. The van der Waals surface area contributed by atoms with E-state index in [1.807, 2.05) is 6.92 Å². The third-order valence-corrected chi connectivity index (χ3v) is 2.32. The zero-order valence-electron chi connectivity index (χ0n) is 8.47. The molecule has 0 aliphatic rings. The Labute approximate surface area is 90.1 Å². The molecule has 2 aromatic rings. The Morgan fingerprint density at radius 1 is 1.12 bits per heavy atom. The predicted octanol–water partition coefficient (Wildman–Crippen LogP) is 3.40. The van der Waals surface area contributed by atoms with E-state index in [2.05, 4.69) is 9.97 Å². The number of hydrogen-bond acceptors (Lipinski definition) is 1. The number of nitrogens with one attached hydrogen (secondary N) is 1. The number of alkyl halides is 3. The summed E-state index contributed by atoms with van der Waals surface area (Å²) in [4.78, 5) is 6.92. The van der Waals surface area contributed by atoms with Crippen molar-refractivity contribution in [1.29, 1.82) is 0 Å². The summed E-state index contributed by atoms with van der Waals surface area (Å²) in [7, 11) is 0. The van der Waals surface area contributed by atoms with E-state index in [1.165, 1.54) is 18.5 Å². The van der Waals surface area contributed by atoms with Crippen molar-refractivity contribution in [2.24, 2.45) is 0 Å². The summed E-state index contributed by atoms with van der Waals surface area (Å²) < 4.78 is 37.0. The van der Waals surface area contributed by atoms with Gasteiger partial charge >= 0.3 is 6.18 Å². The van der Waals surface area contributed by atoms with Gasteiger partial charge in [0, 0.05) is 11.3 Å². The van der Waals surface area contributed by atoms with Crippen molar-refractivity contribution in [2.45, 2.75) is 13.1 Å². The van der Waals surface area contributed by atoms with Gasteiger partial charge in [-0.15, -0.1) is 0 Å². The maximum atomic E-state index is 12.3. The second kappa shape index (κ2) is 3.66. The maximum Gasteiger partial charge on any atom is 0.416 e. The number of nitrogens with zero attached hydrogens (tertiary/aromatic N) is 1. The van der Waals surface area contributed by atoms with E-state index >= 15 is 0 Å². The second-order valence-corrected chi connectivity index (χ2v) is 3.45. The standard InChI is InChI=1S/C11H9F3N2/c1-7-10(16-6-15-7)8-2-4-9(5-3-8)11(12,13)14/h2-6H,1H3,(H,15,16). The zero-order chi connectivity index (χ0) is 11.8. The molecule has 1 aromatic carbocycles. The normalized spacial score (nSPS) is 11.8. The predicted molar refractivity (Wildman–Crippen MR) is 53.8 cm³/mol. The Bertz CT molecular complexity index is 483. The van der Waals surface area contributed by atoms with Crippen LogP contribution in [0.1, 0.15) is 11.3 Å². The number of benzene rings is 1. The second-order valence-electron chi connectivity index (χ2n) is 3.45. The third-order valence-electron chi connectivity index (χ3n) is 2.32. The summed E-state index contributed by atoms with van der Waals surface area (Å²) in [5, 5.41) is 0. The lowest BCUT2D eigenvalue weighted by Gasteiger charge is -2.06. The van der Waals surface area contributed by atoms with Crippen LogP contribution in [-0.4, -0.2) is 9.97 Å². The van der Waals surface area contributed by atoms with E-state index in [4.69, 9.17) is 0 Å². The summed E-state index contributed by atoms with van der Waals surface area (Å²) in [5.41, 5.74) is 1.53. The maximum absolute atomic E-state index is 12.3. The van der Waals surface area contributed by atoms with Crippen LogP contribution < -0.4 is 0 Å². The first-order valence-electron chi connectivity index (χ1n) is 4.66. The minimum Gasteiger partial charge on any atom is -0.348 e. The highest BCUT2D eigenvalue weighted by Crippen LogP contribution is 2.30. The van der Waals surface area contributed by atoms with Crippen LogP contribution in [0.15, 0.2) is 30.6 Å². The van der Waals surface area contributed by atoms with Crippen molar-refractivity contribution in [3.63, 3.8) is 0 Å². The highest BCUT2D eigenvalue weighted by molar-refractivity contribution is 5.61. The minimum atomic E-state index is -4.29. The molecule has 84 valence electrons. The molecule has 0 saturated heterocycles. The van der Waals surface area contributed by atoms with Gasteiger partial charge in [0.2, 0.25) is 0 Å². The average Bonchev–Trinajstić information content (AvgIpc) is 2.63. The third kappa shape index (κ3) is 1.93. The molecule has 1 N–H and O–H groups in total. The number of imidazole rings is 1. The molecule has 0 aliphatic heterocycles. The van der Waals surface area contributed by atoms with Gasteiger partial charge in [0.25, 0.3) is 0 Å². The topological polar surface area (TPSA) is 28.7 Å². The largest absolute Gasteiger partial charge is 0.416 e. The van der Waals surface area contributed by atoms with Crippen LogP contribution in [0.3, 0.4) is 0 Å². The summed E-state index contributed by atoms with van der Waals surface area (Å²) in [6.07, 6.45) is -2.78. The molecule has 0 bridgehead atoms. The minimum absolute atomic E-state index is 0.649. The summed E-state index contributed by atoms with van der Waals surface area (Å²) >= 11 is 0. The van der Waals surface area contributed by atoms with Gasteiger partial charge in [0.15, 0.2) is 0 Å². The highest BCUT2D eigenvalue weighted by Gasteiger charge is 2.30. The Kier molecular flexibility index (Phi) is 2.46. The SMILES string of the molecule is Cc1[nH]cnc1-c1ccc(C(F)(F)F)cc1. The monoisotopic (exact) mass is 226 g/mol. The fourth-order valence-electron chi connectivity index (χ4n) is 1.47. The molecule has 2 nitrogen and oxygen atoms in total. The molecule has 0 aliphatic carbocycles. The van der Waals surface area contributed by atoms with Crippen LogP contribution >= 0.6 is 0 Å². The van der Waals surface area contributed by atoms with Crippen molar-refractivity contribution >= 4 is 0 Å². The first-order valence-corrected chi connectivity index (χ1v) is 4.66. The lowest BCUT2D eigenvalue weighted by molar-refractivity contribution is -0.137. The van der Waals surface area contributed by atoms with Gasteiger partial charge in [-0.2, -0.15) is 13.2 Å². The van der Waals surface area contributed by atoms with Gasteiger partial charge in [-0.25, -0.2) is 4.98 Å². The number of H-pyrrole nitrogens is 1. The van der Waals surface area contributed by atoms with E-state index in [9.17, 15) is 13.2 Å². The molecule has 0 saturated carbocycles. The van der Waals surface area contributed by atoms with Gasteiger partial charge in [-0.3, -0.25) is 0 Å². The van der Waals surface area contributed by atoms with Gasteiger partial charge in [0.1, 0.15) is 0 Å². The van der Waals surface area contributed by atoms with Crippen molar-refractivity contribution in [1.82, 2.24) is 9.97 Å². The van der Waals surface area contributed by atoms with Gasteiger partial charge in [-0.05, 0) is 19.1 Å². The van der Waals surface area contributed by atoms with Crippen LogP contribution in [0.4, 0.5) is 13.2 Å². The summed E-state index contributed by atoms with van der Waals surface area (Å²) in [5.74, 6) is 0. The van der Waals surface area contributed by atoms with Crippen molar-refractivity contribution < 1.29 is 13.2 Å². The number of aromatic nitrogens is 2. The number of aryl methyl sites for hydroxylation is 1. The quantitative estimate of drug-likeness (QED) is 0.793. The number of hydrogen-bond donors (Lipinski definition) is 1. The molecule has 0 spiro atoms. The van der Waals surface area contributed by atoms with E-state index in [0.717, 1.165) is 17.8 Å². The van der Waals surface area contributed by atoms with Gasteiger partial charge in [-0.1, -0.05) is 12.1 Å². The van der Waals surface area contributed by atoms with Crippen molar-refractivity contribution in [3.05, 3.63) is 41.9 Å². The fourth-order valence-corrected chi connectivity index (χ4v) is 1.47. The molecule has 0 amide bonds. The van der Waals surface area contributed by atoms with Crippen LogP contribution in [0.5, 0.6) is 0 Å². The molecule has 0 radical (unpaired) electrons. The molecule has 16 heavy (non-hydrogen) atoms. The van der Waals surface area contributed by atoms with Gasteiger partial charge < -0.3 is 4.98 Å². The first-order chi connectivity index (χ1) is 7.48. The first kappa shape index (κ1) is 10.7. The van der Waals surface area contributed by atoms with Crippen molar-refractivity contribution in [2.75, 3.05) is 0 Å². The number of aromatic amines is 1. The molecular formula is C11H9F3N2. The fraction of sp³-hybridized carbons (Fsp3) is 0.182. The lowest BCUT2D eigenvalue weighted by atomic mass is 10.1. The van der Waals surface area contributed by atoms with Crippen LogP contribution in [0.2, 0.25) is 0 Å². The van der Waals surface area contributed by atoms with Crippen LogP contribution in [-0.2, 0) is 6.18 Å². The van der Waals surface area contributed by atoms with E-state index in [-0.39, 0.29) is 0 Å². The van der Waals surface area contributed by atoms with Crippen LogP contribution in [0.25, 0.3) is 11.3 Å². The smallest absolute Gasteiger partial charge is 0.348 e. The van der Waals surface area contributed by atoms with E-state index < -0.39 is 11.7 Å². The number of rotatable bonds is 1. The molecule has 0 atom stereocenters. The summed E-state index contributed by atoms with van der Waals surface area (Å²) in [6, 6.07) is 4.96. The Morgan fingerprint density at radius 2 is 1.75 bits per heavy atom. The Morgan fingerprint density at radius 3 is 2.19 bits per heavy atom. The van der Waals surface area contributed by atoms with E-state index in [0.29, 0.717) is 11.3 Å². The van der Waals surface area contributed by atoms with Gasteiger partial charge in [0.05, 0.1) is 17.6 Å². The summed E-state index contributed by atoms with van der Waals surface area (Å²) in [6.45, 7) is 1.82. The Balaban J connectivity index is 2.37. The molecule has 1 aromatic heterocycles. The number of halogens is 3. The van der Waals surface area contributed by atoms with Crippen molar-refractivity contribution in [3.8, 4) is 11.3 Å². The highest BCUT2D eigenvalue weighted by atomic mass is 19.4. The van der Waals surface area contributed by atoms with Crippen LogP contribution in [0, 0.1) is 6.92 Å². The molecule has 0 unspecified atom stereocenters.